The molecule has 164 valence electrons. The average Bonchev–Trinajstić information content (AvgIpc) is 3.45. The number of pyridine rings is 1. The molecule has 0 aliphatic rings. The third kappa shape index (κ3) is 4.51. The van der Waals surface area contributed by atoms with E-state index >= 15 is 0 Å². The van der Waals surface area contributed by atoms with Crippen LogP contribution in [0.5, 0.6) is 0 Å². The number of carbonyl (C=O) groups excluding carboxylic acids is 1. The molecule has 0 aliphatic heterocycles. The molecular formula is C25H20FN5OS. The van der Waals surface area contributed by atoms with Crippen LogP contribution in [-0.2, 0) is 17.8 Å². The van der Waals surface area contributed by atoms with Crippen LogP contribution >= 0.6 is 11.3 Å². The molecule has 5 aromatic rings. The highest BCUT2D eigenvalue weighted by atomic mass is 32.1. The number of amides is 1. The molecule has 0 unspecified atom stereocenters. The van der Waals surface area contributed by atoms with Crippen molar-refractivity contribution < 1.29 is 9.18 Å². The molecule has 0 fully saturated rings. The lowest BCUT2D eigenvalue weighted by Gasteiger charge is -2.07. The predicted molar refractivity (Wildman–Crippen MR) is 127 cm³/mol. The van der Waals surface area contributed by atoms with Crippen LogP contribution in [0.25, 0.3) is 27.3 Å². The highest BCUT2D eigenvalue weighted by molar-refractivity contribution is 7.16. The van der Waals surface area contributed by atoms with Crippen molar-refractivity contribution in [2.75, 3.05) is 0 Å². The van der Waals surface area contributed by atoms with E-state index < -0.39 is 0 Å². The summed E-state index contributed by atoms with van der Waals surface area (Å²) in [7, 11) is 0. The molecule has 1 amide bonds. The lowest BCUT2D eigenvalue weighted by atomic mass is 10.1. The second-order valence-electron chi connectivity index (χ2n) is 7.65. The molecule has 3 aromatic heterocycles. The zero-order valence-corrected chi connectivity index (χ0v) is 18.6. The summed E-state index contributed by atoms with van der Waals surface area (Å²) in [4.78, 5) is 21.5. The Morgan fingerprint density at radius 1 is 1.09 bits per heavy atom. The van der Waals surface area contributed by atoms with Gasteiger partial charge in [-0.3, -0.25) is 4.79 Å². The molecule has 0 saturated heterocycles. The van der Waals surface area contributed by atoms with E-state index in [4.69, 9.17) is 0 Å². The van der Waals surface area contributed by atoms with Crippen LogP contribution in [0.2, 0.25) is 0 Å². The fourth-order valence-electron chi connectivity index (χ4n) is 3.62. The summed E-state index contributed by atoms with van der Waals surface area (Å²) in [5, 5.41) is 7.46. The number of rotatable bonds is 6. The van der Waals surface area contributed by atoms with Crippen LogP contribution in [0.3, 0.4) is 0 Å². The molecule has 0 radical (unpaired) electrons. The smallest absolute Gasteiger partial charge is 0.226 e. The first-order valence-electron chi connectivity index (χ1n) is 10.4. The van der Waals surface area contributed by atoms with E-state index in [0.717, 1.165) is 27.2 Å². The molecule has 3 heterocycles. The van der Waals surface area contributed by atoms with Gasteiger partial charge in [-0.2, -0.15) is 5.10 Å². The van der Waals surface area contributed by atoms with Gasteiger partial charge in [-0.05, 0) is 43.3 Å². The number of hydrogen-bond donors (Lipinski definition) is 1. The number of aromatic nitrogens is 4. The minimum atomic E-state index is -0.339. The van der Waals surface area contributed by atoms with E-state index in [0.29, 0.717) is 17.1 Å². The van der Waals surface area contributed by atoms with E-state index in [1.54, 1.807) is 34.2 Å². The van der Waals surface area contributed by atoms with Gasteiger partial charge in [-0.25, -0.2) is 19.0 Å². The SMILES string of the molecule is Cc1cccc(-n2nc(CC(=O)NCc3ccccc3F)cc2-c2ccc3ncsc3c2)n1. The number of carbonyl (C=O) groups is 1. The van der Waals surface area contributed by atoms with E-state index in [2.05, 4.69) is 26.4 Å². The Kier molecular flexibility index (Phi) is 5.66. The van der Waals surface area contributed by atoms with Crippen molar-refractivity contribution in [3.8, 4) is 17.1 Å². The number of fused-ring (bicyclic) bond motifs is 1. The fourth-order valence-corrected chi connectivity index (χ4v) is 4.34. The van der Waals surface area contributed by atoms with Gasteiger partial charge in [0.05, 0.1) is 33.5 Å². The largest absolute Gasteiger partial charge is 0.352 e. The van der Waals surface area contributed by atoms with Crippen molar-refractivity contribution in [2.45, 2.75) is 19.9 Å². The lowest BCUT2D eigenvalue weighted by Crippen LogP contribution is -2.25. The summed E-state index contributed by atoms with van der Waals surface area (Å²) in [5.74, 6) is 0.102. The highest BCUT2D eigenvalue weighted by Crippen LogP contribution is 2.28. The molecule has 8 heteroatoms. The molecule has 0 spiro atoms. The van der Waals surface area contributed by atoms with Crippen molar-refractivity contribution in [1.29, 1.82) is 0 Å². The molecule has 0 atom stereocenters. The van der Waals surface area contributed by atoms with Gasteiger partial charge in [0, 0.05) is 23.4 Å². The zero-order valence-electron chi connectivity index (χ0n) is 17.8. The van der Waals surface area contributed by atoms with Crippen molar-refractivity contribution in [3.63, 3.8) is 0 Å². The molecule has 2 aromatic carbocycles. The monoisotopic (exact) mass is 457 g/mol. The molecule has 5 rings (SSSR count). The van der Waals surface area contributed by atoms with Gasteiger partial charge in [0.15, 0.2) is 5.82 Å². The lowest BCUT2D eigenvalue weighted by molar-refractivity contribution is -0.120. The molecule has 0 aliphatic carbocycles. The molecule has 1 N–H and O–H groups in total. The van der Waals surface area contributed by atoms with Gasteiger partial charge in [-0.1, -0.05) is 30.3 Å². The second kappa shape index (κ2) is 8.91. The van der Waals surface area contributed by atoms with E-state index in [-0.39, 0.29) is 24.7 Å². The van der Waals surface area contributed by atoms with Crippen LogP contribution in [0, 0.1) is 12.7 Å². The number of aryl methyl sites for hydroxylation is 1. The summed E-state index contributed by atoms with van der Waals surface area (Å²) in [6, 6.07) is 20.1. The van der Waals surface area contributed by atoms with Crippen LogP contribution in [-0.4, -0.2) is 25.7 Å². The number of thiazole rings is 1. The van der Waals surface area contributed by atoms with Crippen molar-refractivity contribution in [2.24, 2.45) is 0 Å². The summed E-state index contributed by atoms with van der Waals surface area (Å²) >= 11 is 1.57. The Labute approximate surface area is 193 Å². The van der Waals surface area contributed by atoms with Gasteiger partial charge in [-0.15, -0.1) is 11.3 Å². The van der Waals surface area contributed by atoms with Crippen LogP contribution in [0.15, 0.2) is 72.2 Å². The van der Waals surface area contributed by atoms with Crippen LogP contribution in [0.1, 0.15) is 17.0 Å². The van der Waals surface area contributed by atoms with E-state index in [1.807, 2.05) is 48.8 Å². The maximum atomic E-state index is 13.8. The van der Waals surface area contributed by atoms with E-state index in [9.17, 15) is 9.18 Å². The first-order chi connectivity index (χ1) is 16.1. The quantitative estimate of drug-likeness (QED) is 0.396. The normalized spacial score (nSPS) is 11.1. The standard InChI is InChI=1S/C25H20FN5OS/c1-16-5-4-8-24(29-16)31-22(17-9-10-21-23(11-17)33-15-28-21)12-19(30-31)13-25(32)27-14-18-6-2-3-7-20(18)26/h2-12,15H,13-14H2,1H3,(H,27,32). The molecule has 0 saturated carbocycles. The Morgan fingerprint density at radius 3 is 2.82 bits per heavy atom. The number of nitrogens with one attached hydrogen (secondary N) is 1. The minimum Gasteiger partial charge on any atom is -0.352 e. The highest BCUT2D eigenvalue weighted by Gasteiger charge is 2.16. The first kappa shape index (κ1) is 21.0. The van der Waals surface area contributed by atoms with E-state index in [1.165, 1.54) is 6.07 Å². The van der Waals surface area contributed by atoms with Crippen molar-refractivity contribution in [1.82, 2.24) is 25.1 Å². The first-order valence-corrected chi connectivity index (χ1v) is 11.3. The fraction of sp³-hybridized carbons (Fsp3) is 0.120. The maximum absolute atomic E-state index is 13.8. The van der Waals surface area contributed by atoms with Crippen molar-refractivity contribution in [3.05, 3.63) is 95.0 Å². The van der Waals surface area contributed by atoms with Gasteiger partial charge in [0.25, 0.3) is 0 Å². The van der Waals surface area contributed by atoms with Gasteiger partial charge < -0.3 is 5.32 Å². The zero-order chi connectivity index (χ0) is 22.8. The summed E-state index contributed by atoms with van der Waals surface area (Å²) in [5.41, 5.74) is 6.47. The third-order valence-electron chi connectivity index (χ3n) is 5.25. The predicted octanol–water partition coefficient (Wildman–Crippen LogP) is 4.85. The van der Waals surface area contributed by atoms with Gasteiger partial charge in [0.1, 0.15) is 5.82 Å². The Balaban J connectivity index is 1.45. The molecule has 33 heavy (non-hydrogen) atoms. The molecular weight excluding hydrogens is 437 g/mol. The van der Waals surface area contributed by atoms with Crippen molar-refractivity contribution >= 4 is 27.5 Å². The number of benzene rings is 2. The van der Waals surface area contributed by atoms with Crippen LogP contribution in [0.4, 0.5) is 4.39 Å². The minimum absolute atomic E-state index is 0.0725. The summed E-state index contributed by atoms with van der Waals surface area (Å²) in [6.07, 6.45) is 0.0725. The van der Waals surface area contributed by atoms with Gasteiger partial charge >= 0.3 is 0 Å². The molecule has 6 nitrogen and oxygen atoms in total. The summed E-state index contributed by atoms with van der Waals surface area (Å²) in [6.45, 7) is 2.05. The number of hydrogen-bond acceptors (Lipinski definition) is 5. The Hall–Kier alpha value is -3.91. The van der Waals surface area contributed by atoms with Crippen LogP contribution < -0.4 is 5.32 Å². The molecule has 0 bridgehead atoms. The summed E-state index contributed by atoms with van der Waals surface area (Å²) < 4.78 is 16.7. The topological polar surface area (TPSA) is 72.7 Å². The number of halogens is 1. The second-order valence-corrected chi connectivity index (χ2v) is 8.54. The third-order valence-corrected chi connectivity index (χ3v) is 6.04. The van der Waals surface area contributed by atoms with Gasteiger partial charge in [0.2, 0.25) is 5.91 Å². The Morgan fingerprint density at radius 2 is 1.97 bits per heavy atom. The number of nitrogens with zero attached hydrogens (tertiary/aromatic N) is 4. The maximum Gasteiger partial charge on any atom is 0.226 e. The average molecular weight is 458 g/mol. The Bertz CT molecular complexity index is 1460.